The molecule has 1 amide bonds. The molecule has 1 aliphatic heterocycles. The fraction of sp³-hybridized carbons (Fsp3) is 0.500. The van der Waals surface area contributed by atoms with E-state index in [9.17, 15) is 9.59 Å². The number of rotatable bonds is 3. The van der Waals surface area contributed by atoms with Crippen LogP contribution in [0.25, 0.3) is 0 Å². The zero-order valence-electron chi connectivity index (χ0n) is 9.89. The van der Waals surface area contributed by atoms with Crippen molar-refractivity contribution >= 4 is 23.0 Å². The molecular weight excluding hydrogens is 236 g/mol. The Bertz CT molecular complexity index is 395. The quantitative estimate of drug-likeness (QED) is 0.808. The lowest BCUT2D eigenvalue weighted by Crippen LogP contribution is -2.49. The first-order chi connectivity index (χ1) is 8.16. The van der Waals surface area contributed by atoms with Crippen molar-refractivity contribution in [3.63, 3.8) is 0 Å². The molecule has 1 aliphatic rings. The summed E-state index contributed by atoms with van der Waals surface area (Å²) in [6.07, 6.45) is 0. The molecule has 0 aromatic carbocycles. The molecule has 0 spiro atoms. The molecule has 17 heavy (non-hydrogen) atoms. The van der Waals surface area contributed by atoms with Crippen molar-refractivity contribution < 1.29 is 9.59 Å². The monoisotopic (exact) mass is 252 g/mol. The number of nitrogens with zero attached hydrogens (tertiary/aromatic N) is 2. The van der Waals surface area contributed by atoms with Crippen LogP contribution in [-0.4, -0.2) is 54.2 Å². The van der Waals surface area contributed by atoms with E-state index in [0.717, 1.165) is 18.0 Å². The van der Waals surface area contributed by atoms with Crippen molar-refractivity contribution in [2.75, 3.05) is 32.7 Å². The van der Waals surface area contributed by atoms with Gasteiger partial charge in [0.05, 0.1) is 11.4 Å². The smallest absolute Gasteiger partial charge is 0.264 e. The maximum absolute atomic E-state index is 12.0. The molecule has 0 radical (unpaired) electrons. The molecule has 0 saturated carbocycles. The maximum atomic E-state index is 12.0. The van der Waals surface area contributed by atoms with Crippen LogP contribution in [-0.2, 0) is 4.79 Å². The SMILES string of the molecule is CC(=O)CN1CCN(C(=O)c2cccs2)CC1. The van der Waals surface area contributed by atoms with Crippen molar-refractivity contribution in [3.8, 4) is 0 Å². The number of Topliss-reactive ketones (excluding diaryl/α,β-unsaturated/α-hetero) is 1. The second kappa shape index (κ2) is 5.42. The fourth-order valence-corrected chi connectivity index (χ4v) is 2.67. The number of ketones is 1. The Morgan fingerprint density at radius 3 is 2.53 bits per heavy atom. The van der Waals surface area contributed by atoms with E-state index in [1.807, 2.05) is 22.4 Å². The summed E-state index contributed by atoms with van der Waals surface area (Å²) in [5, 5.41) is 1.92. The van der Waals surface area contributed by atoms with E-state index < -0.39 is 0 Å². The van der Waals surface area contributed by atoms with Crippen LogP contribution in [0.4, 0.5) is 0 Å². The third kappa shape index (κ3) is 3.14. The fourth-order valence-electron chi connectivity index (χ4n) is 1.98. The van der Waals surface area contributed by atoms with Gasteiger partial charge in [-0.2, -0.15) is 0 Å². The molecule has 2 heterocycles. The summed E-state index contributed by atoms with van der Waals surface area (Å²) < 4.78 is 0. The van der Waals surface area contributed by atoms with Crippen LogP contribution >= 0.6 is 11.3 Å². The average Bonchev–Trinajstić information content (AvgIpc) is 2.82. The van der Waals surface area contributed by atoms with Gasteiger partial charge < -0.3 is 4.90 Å². The van der Waals surface area contributed by atoms with Crippen LogP contribution in [0.5, 0.6) is 0 Å². The zero-order valence-corrected chi connectivity index (χ0v) is 10.7. The lowest BCUT2D eigenvalue weighted by atomic mass is 10.2. The van der Waals surface area contributed by atoms with E-state index in [4.69, 9.17) is 0 Å². The molecule has 1 aromatic rings. The molecule has 1 saturated heterocycles. The van der Waals surface area contributed by atoms with Crippen LogP contribution in [0.3, 0.4) is 0 Å². The summed E-state index contributed by atoms with van der Waals surface area (Å²) in [5.41, 5.74) is 0. The number of thiophene rings is 1. The third-order valence-electron chi connectivity index (χ3n) is 2.84. The van der Waals surface area contributed by atoms with Gasteiger partial charge >= 0.3 is 0 Å². The van der Waals surface area contributed by atoms with Crippen molar-refractivity contribution in [1.82, 2.24) is 9.80 Å². The van der Waals surface area contributed by atoms with Crippen LogP contribution in [0.2, 0.25) is 0 Å². The number of piperazine rings is 1. The summed E-state index contributed by atoms with van der Waals surface area (Å²) in [7, 11) is 0. The molecule has 4 nitrogen and oxygen atoms in total. The molecule has 0 N–H and O–H groups in total. The van der Waals surface area contributed by atoms with Gasteiger partial charge in [0.15, 0.2) is 0 Å². The van der Waals surface area contributed by atoms with Crippen LogP contribution in [0.1, 0.15) is 16.6 Å². The van der Waals surface area contributed by atoms with Gasteiger partial charge in [-0.1, -0.05) is 6.07 Å². The van der Waals surface area contributed by atoms with Gasteiger partial charge in [-0.25, -0.2) is 0 Å². The Morgan fingerprint density at radius 1 is 1.29 bits per heavy atom. The first-order valence-electron chi connectivity index (χ1n) is 5.71. The number of hydrogen-bond acceptors (Lipinski definition) is 4. The summed E-state index contributed by atoms with van der Waals surface area (Å²) >= 11 is 1.48. The predicted molar refractivity (Wildman–Crippen MR) is 67.3 cm³/mol. The van der Waals surface area contributed by atoms with E-state index in [2.05, 4.69) is 4.90 Å². The molecule has 0 bridgehead atoms. The lowest BCUT2D eigenvalue weighted by Gasteiger charge is -2.33. The minimum absolute atomic E-state index is 0.113. The molecule has 92 valence electrons. The first-order valence-corrected chi connectivity index (χ1v) is 6.59. The van der Waals surface area contributed by atoms with Crippen molar-refractivity contribution in [2.24, 2.45) is 0 Å². The van der Waals surface area contributed by atoms with Crippen molar-refractivity contribution in [2.45, 2.75) is 6.92 Å². The van der Waals surface area contributed by atoms with Gasteiger partial charge in [0, 0.05) is 26.2 Å². The van der Waals surface area contributed by atoms with E-state index in [-0.39, 0.29) is 11.7 Å². The first kappa shape index (κ1) is 12.3. The molecular formula is C12H16N2O2S. The van der Waals surface area contributed by atoms with E-state index in [1.165, 1.54) is 11.3 Å². The van der Waals surface area contributed by atoms with Gasteiger partial charge in [0.1, 0.15) is 5.78 Å². The van der Waals surface area contributed by atoms with Crippen molar-refractivity contribution in [3.05, 3.63) is 22.4 Å². The Hall–Kier alpha value is -1.20. The number of carbonyl (C=O) groups excluding carboxylic acids is 2. The molecule has 2 rings (SSSR count). The highest BCUT2D eigenvalue weighted by Crippen LogP contribution is 2.13. The number of amides is 1. The highest BCUT2D eigenvalue weighted by molar-refractivity contribution is 7.12. The van der Waals surface area contributed by atoms with Gasteiger partial charge in [-0.05, 0) is 18.4 Å². The highest BCUT2D eigenvalue weighted by atomic mass is 32.1. The Labute approximate surface area is 105 Å². The van der Waals surface area contributed by atoms with Gasteiger partial charge in [0.2, 0.25) is 0 Å². The summed E-state index contributed by atoms with van der Waals surface area (Å²) in [5.74, 6) is 0.297. The standard InChI is InChI=1S/C12H16N2O2S/c1-10(15)9-13-4-6-14(7-5-13)12(16)11-3-2-8-17-11/h2-3,8H,4-7,9H2,1H3. The molecule has 0 unspecified atom stereocenters. The lowest BCUT2D eigenvalue weighted by molar-refractivity contribution is -0.118. The van der Waals surface area contributed by atoms with Gasteiger partial charge in [-0.15, -0.1) is 11.3 Å². The second-order valence-electron chi connectivity index (χ2n) is 4.25. The maximum Gasteiger partial charge on any atom is 0.264 e. The Balaban J connectivity index is 1.87. The van der Waals surface area contributed by atoms with Crippen LogP contribution in [0, 0.1) is 0 Å². The van der Waals surface area contributed by atoms with Crippen LogP contribution in [0.15, 0.2) is 17.5 Å². The van der Waals surface area contributed by atoms with Gasteiger partial charge in [-0.3, -0.25) is 14.5 Å². The van der Waals surface area contributed by atoms with Crippen LogP contribution < -0.4 is 0 Å². The topological polar surface area (TPSA) is 40.6 Å². The molecule has 0 aliphatic carbocycles. The largest absolute Gasteiger partial charge is 0.335 e. The summed E-state index contributed by atoms with van der Waals surface area (Å²) in [6, 6.07) is 3.75. The van der Waals surface area contributed by atoms with E-state index >= 15 is 0 Å². The Morgan fingerprint density at radius 2 is 2.00 bits per heavy atom. The minimum atomic E-state index is 0.113. The third-order valence-corrected chi connectivity index (χ3v) is 3.70. The molecule has 0 atom stereocenters. The number of hydrogen-bond donors (Lipinski definition) is 0. The highest BCUT2D eigenvalue weighted by Gasteiger charge is 2.22. The van der Waals surface area contributed by atoms with Gasteiger partial charge in [0.25, 0.3) is 5.91 Å². The van der Waals surface area contributed by atoms with E-state index in [1.54, 1.807) is 6.92 Å². The zero-order chi connectivity index (χ0) is 12.3. The molecule has 5 heteroatoms. The summed E-state index contributed by atoms with van der Waals surface area (Å²) in [4.78, 5) is 27.8. The molecule has 1 fully saturated rings. The Kier molecular flexibility index (Phi) is 3.91. The predicted octanol–water partition coefficient (Wildman–Crippen LogP) is 1.09. The normalized spacial score (nSPS) is 17.1. The summed E-state index contributed by atoms with van der Waals surface area (Å²) in [6.45, 7) is 5.10. The van der Waals surface area contributed by atoms with Crippen molar-refractivity contribution in [1.29, 1.82) is 0 Å². The number of carbonyl (C=O) groups is 2. The molecule has 1 aromatic heterocycles. The minimum Gasteiger partial charge on any atom is -0.335 e. The average molecular weight is 252 g/mol. The second-order valence-corrected chi connectivity index (χ2v) is 5.20. The van der Waals surface area contributed by atoms with E-state index in [0.29, 0.717) is 19.6 Å².